The second-order valence-electron chi connectivity index (χ2n) is 12.8. The van der Waals surface area contributed by atoms with E-state index in [1.807, 2.05) is 12.1 Å². The van der Waals surface area contributed by atoms with Crippen molar-refractivity contribution >= 4 is 66.5 Å². The number of para-hydroxylation sites is 1. The molecule has 0 bridgehead atoms. The molecule has 0 radical (unpaired) electrons. The number of fused-ring (bicyclic) bond motifs is 10. The van der Waals surface area contributed by atoms with Gasteiger partial charge < -0.3 is 23.8 Å². The van der Waals surface area contributed by atoms with E-state index in [9.17, 15) is 4.79 Å². The third kappa shape index (κ3) is 5.67. The predicted octanol–water partition coefficient (Wildman–Crippen LogP) is 10.8. The zero-order valence-corrected chi connectivity index (χ0v) is 27.5. The SMILES string of the molecule is CCCCNc1ccc2c(c1)oc1c3oc(-c4ccc(-c5ccncc5)cc4)nc3c3c(c4ccccc4n3CCCCCCC(=O)O)c21. The van der Waals surface area contributed by atoms with Crippen LogP contribution < -0.4 is 5.32 Å². The summed E-state index contributed by atoms with van der Waals surface area (Å²) in [5.41, 5.74) is 9.20. The van der Waals surface area contributed by atoms with Crippen LogP contribution in [-0.2, 0) is 11.3 Å². The summed E-state index contributed by atoms with van der Waals surface area (Å²) in [4.78, 5) is 20.4. The zero-order valence-electron chi connectivity index (χ0n) is 27.5. The predicted molar refractivity (Wildman–Crippen MR) is 197 cm³/mol. The number of carboxylic acids is 1. The van der Waals surface area contributed by atoms with Crippen LogP contribution in [0.1, 0.15) is 51.9 Å². The zero-order chi connectivity index (χ0) is 33.3. The van der Waals surface area contributed by atoms with E-state index in [0.717, 1.165) is 111 Å². The van der Waals surface area contributed by atoms with Gasteiger partial charge in [-0.1, -0.05) is 56.5 Å². The number of nitrogens with zero attached hydrogens (tertiary/aromatic N) is 3. The molecule has 2 N–H and O–H groups in total. The standard InChI is InChI=1S/C41H38N4O4/c1-2-3-21-43-29-17-18-31-33(25-29)48-39-36(31)35-30-10-7-8-11-32(30)45(24-9-5-4-6-12-34(46)47)38(35)37-40(39)49-41(44-37)28-15-13-26(14-16-28)27-19-22-42-23-20-27/h7-8,10-11,13-20,22-23,25,43H,2-6,9,12,21,24H2,1H3,(H,46,47). The van der Waals surface area contributed by atoms with Crippen LogP contribution >= 0.6 is 0 Å². The molecule has 0 aliphatic rings. The Morgan fingerprint density at radius 1 is 0.796 bits per heavy atom. The van der Waals surface area contributed by atoms with Gasteiger partial charge in [0.1, 0.15) is 11.1 Å². The molecular weight excluding hydrogens is 612 g/mol. The number of hydrogen-bond donors (Lipinski definition) is 2. The van der Waals surface area contributed by atoms with Crippen molar-refractivity contribution in [1.29, 1.82) is 0 Å². The van der Waals surface area contributed by atoms with E-state index in [1.165, 1.54) is 0 Å². The van der Waals surface area contributed by atoms with E-state index in [2.05, 4.69) is 88.5 Å². The number of benzene rings is 4. The molecule has 49 heavy (non-hydrogen) atoms. The normalized spacial score (nSPS) is 11.9. The molecule has 0 aliphatic heterocycles. The first-order valence-electron chi connectivity index (χ1n) is 17.3. The number of pyridine rings is 1. The number of carbonyl (C=O) groups is 1. The number of carboxylic acid groups (broad SMARTS) is 1. The summed E-state index contributed by atoms with van der Waals surface area (Å²) in [5, 5.41) is 17.0. The summed E-state index contributed by atoms with van der Waals surface area (Å²) in [6.45, 7) is 3.88. The van der Waals surface area contributed by atoms with Crippen LogP contribution in [0.5, 0.6) is 0 Å². The summed E-state index contributed by atoms with van der Waals surface area (Å²) in [5.74, 6) is -0.197. The van der Waals surface area contributed by atoms with Crippen LogP contribution in [0, 0.1) is 0 Å². The average Bonchev–Trinajstić information content (AvgIpc) is 3.82. The van der Waals surface area contributed by atoms with Crippen molar-refractivity contribution in [2.45, 2.75) is 58.4 Å². The number of oxazole rings is 1. The fraction of sp³-hybridized carbons (Fsp3) is 0.244. The minimum absolute atomic E-state index is 0.211. The summed E-state index contributed by atoms with van der Waals surface area (Å²) in [7, 11) is 0. The van der Waals surface area contributed by atoms with Gasteiger partial charge in [-0.05, 0) is 72.9 Å². The summed E-state index contributed by atoms with van der Waals surface area (Å²) < 4.78 is 15.8. The van der Waals surface area contributed by atoms with E-state index in [1.54, 1.807) is 12.4 Å². The third-order valence-electron chi connectivity index (χ3n) is 9.50. The average molecular weight is 651 g/mol. The largest absolute Gasteiger partial charge is 0.481 e. The number of anilines is 1. The molecule has 8 aromatic rings. The Labute approximate surface area is 283 Å². The van der Waals surface area contributed by atoms with Crippen molar-refractivity contribution in [2.75, 3.05) is 11.9 Å². The molecule has 0 atom stereocenters. The molecule has 8 rings (SSSR count). The smallest absolute Gasteiger partial charge is 0.303 e. The van der Waals surface area contributed by atoms with Gasteiger partial charge in [0.25, 0.3) is 0 Å². The van der Waals surface area contributed by atoms with Crippen molar-refractivity contribution < 1.29 is 18.7 Å². The molecule has 8 nitrogen and oxygen atoms in total. The highest BCUT2D eigenvalue weighted by Crippen LogP contribution is 2.46. The van der Waals surface area contributed by atoms with Crippen LogP contribution in [0.3, 0.4) is 0 Å². The molecule has 0 saturated carbocycles. The Balaban J connectivity index is 1.31. The number of rotatable bonds is 13. The molecule has 0 saturated heterocycles. The summed E-state index contributed by atoms with van der Waals surface area (Å²) in [6, 6.07) is 27.2. The highest BCUT2D eigenvalue weighted by atomic mass is 16.4. The van der Waals surface area contributed by atoms with Gasteiger partial charge in [-0.15, -0.1) is 0 Å². The van der Waals surface area contributed by atoms with Gasteiger partial charge in [0, 0.05) is 76.3 Å². The number of furan rings is 1. The van der Waals surface area contributed by atoms with Gasteiger partial charge in [0.05, 0.1) is 5.52 Å². The monoisotopic (exact) mass is 650 g/mol. The third-order valence-corrected chi connectivity index (χ3v) is 9.50. The van der Waals surface area contributed by atoms with E-state index in [4.69, 9.17) is 18.9 Å². The van der Waals surface area contributed by atoms with Gasteiger partial charge in [0.15, 0.2) is 5.58 Å². The molecule has 246 valence electrons. The number of aliphatic carboxylic acids is 1. The number of unbranched alkanes of at least 4 members (excludes halogenated alkanes) is 4. The van der Waals surface area contributed by atoms with Crippen LogP contribution in [0.15, 0.2) is 100 Å². The van der Waals surface area contributed by atoms with Crippen LogP contribution in [0.2, 0.25) is 0 Å². The lowest BCUT2D eigenvalue weighted by Gasteiger charge is -2.08. The molecule has 0 amide bonds. The maximum Gasteiger partial charge on any atom is 0.303 e. The summed E-state index contributed by atoms with van der Waals surface area (Å²) in [6.07, 6.45) is 9.48. The van der Waals surface area contributed by atoms with E-state index in [0.29, 0.717) is 23.5 Å². The minimum atomic E-state index is -0.737. The first-order valence-corrected chi connectivity index (χ1v) is 17.3. The van der Waals surface area contributed by atoms with Gasteiger partial charge >= 0.3 is 5.97 Å². The molecule has 0 spiro atoms. The lowest BCUT2D eigenvalue weighted by molar-refractivity contribution is -0.137. The Bertz CT molecular complexity index is 2440. The van der Waals surface area contributed by atoms with Crippen LogP contribution in [-0.4, -0.2) is 32.2 Å². The van der Waals surface area contributed by atoms with Crippen LogP contribution in [0.4, 0.5) is 5.69 Å². The maximum atomic E-state index is 11.0. The van der Waals surface area contributed by atoms with E-state index in [-0.39, 0.29) is 6.42 Å². The van der Waals surface area contributed by atoms with Crippen LogP contribution in [0.25, 0.3) is 77.4 Å². The number of hydrogen-bond acceptors (Lipinski definition) is 6. The first kappa shape index (κ1) is 30.7. The van der Waals surface area contributed by atoms with Crippen molar-refractivity contribution in [3.63, 3.8) is 0 Å². The van der Waals surface area contributed by atoms with Gasteiger partial charge in [-0.2, -0.15) is 0 Å². The Kier molecular flexibility index (Phi) is 8.21. The van der Waals surface area contributed by atoms with Gasteiger partial charge in [-0.3, -0.25) is 9.78 Å². The van der Waals surface area contributed by atoms with E-state index >= 15 is 0 Å². The second kappa shape index (κ2) is 13.1. The highest BCUT2D eigenvalue weighted by molar-refractivity contribution is 6.34. The fourth-order valence-electron chi connectivity index (χ4n) is 7.07. The summed E-state index contributed by atoms with van der Waals surface area (Å²) >= 11 is 0. The maximum absolute atomic E-state index is 11.0. The molecular formula is C41H38N4O4. The highest BCUT2D eigenvalue weighted by Gasteiger charge is 2.26. The minimum Gasteiger partial charge on any atom is -0.481 e. The number of aromatic nitrogens is 3. The van der Waals surface area contributed by atoms with Crippen molar-refractivity contribution in [2.24, 2.45) is 0 Å². The molecule has 4 aromatic carbocycles. The van der Waals surface area contributed by atoms with Crippen molar-refractivity contribution in [3.8, 4) is 22.6 Å². The second-order valence-corrected chi connectivity index (χ2v) is 12.8. The molecule has 0 aliphatic carbocycles. The molecule has 0 fully saturated rings. The molecule has 8 heteroatoms. The van der Waals surface area contributed by atoms with Crippen molar-refractivity contribution in [3.05, 3.63) is 91.3 Å². The quantitative estimate of drug-likeness (QED) is 0.120. The Morgan fingerprint density at radius 3 is 2.39 bits per heavy atom. The topological polar surface area (TPSA) is 106 Å². The molecule has 4 aromatic heterocycles. The molecule has 4 heterocycles. The Morgan fingerprint density at radius 2 is 1.57 bits per heavy atom. The van der Waals surface area contributed by atoms with Gasteiger partial charge in [0.2, 0.25) is 11.5 Å². The lowest BCUT2D eigenvalue weighted by atomic mass is 10.0. The fourth-order valence-corrected chi connectivity index (χ4v) is 7.07. The number of nitrogens with one attached hydrogen (secondary N) is 1. The molecule has 0 unspecified atom stereocenters. The number of aryl methyl sites for hydroxylation is 1. The Hall–Kier alpha value is -5.63. The van der Waals surface area contributed by atoms with E-state index < -0.39 is 5.97 Å². The first-order chi connectivity index (χ1) is 24.1. The van der Waals surface area contributed by atoms with Gasteiger partial charge in [-0.25, -0.2) is 4.98 Å². The van der Waals surface area contributed by atoms with Crippen molar-refractivity contribution in [1.82, 2.24) is 14.5 Å². The lowest BCUT2D eigenvalue weighted by Crippen LogP contribution is -2.00.